The van der Waals surface area contributed by atoms with Gasteiger partial charge in [-0.25, -0.2) is 0 Å². The Kier molecular flexibility index (Phi) is 5.76. The largest absolute Gasteiger partial charge is 0.465 e. The highest BCUT2D eigenvalue weighted by molar-refractivity contribution is 5.95. The van der Waals surface area contributed by atoms with E-state index in [-0.39, 0.29) is 11.3 Å². The van der Waals surface area contributed by atoms with Gasteiger partial charge in [0, 0.05) is 51.2 Å². The van der Waals surface area contributed by atoms with Gasteiger partial charge in [-0.05, 0) is 37.0 Å². The summed E-state index contributed by atoms with van der Waals surface area (Å²) in [6.45, 7) is 4.90. The van der Waals surface area contributed by atoms with E-state index in [1.807, 2.05) is 6.07 Å². The highest BCUT2D eigenvalue weighted by atomic mass is 16.5. The molecule has 2 aliphatic heterocycles. The minimum Gasteiger partial charge on any atom is -0.465 e. The Morgan fingerprint density at radius 2 is 1.69 bits per heavy atom. The van der Waals surface area contributed by atoms with Crippen LogP contribution in [0.25, 0.3) is 0 Å². The summed E-state index contributed by atoms with van der Waals surface area (Å²) in [7, 11) is 0. The molecule has 0 saturated carbocycles. The van der Waals surface area contributed by atoms with E-state index in [2.05, 4.69) is 30.4 Å². The Morgan fingerprint density at radius 3 is 2.38 bits per heavy atom. The Hall–Kier alpha value is -2.15. The van der Waals surface area contributed by atoms with E-state index < -0.39 is 5.60 Å². The first kappa shape index (κ1) is 20.1. The van der Waals surface area contributed by atoms with Crippen LogP contribution in [0.15, 0.2) is 41.0 Å². The summed E-state index contributed by atoms with van der Waals surface area (Å²) >= 11 is 0. The lowest BCUT2D eigenvalue weighted by Gasteiger charge is -2.39. The van der Waals surface area contributed by atoms with Crippen molar-refractivity contribution in [2.24, 2.45) is 0 Å². The molecule has 2 aromatic rings. The van der Waals surface area contributed by atoms with Crippen LogP contribution in [0.3, 0.4) is 0 Å². The van der Waals surface area contributed by atoms with Crippen molar-refractivity contribution in [3.05, 3.63) is 59.0 Å². The maximum absolute atomic E-state index is 13.1. The van der Waals surface area contributed by atoms with Gasteiger partial charge in [0.15, 0.2) is 0 Å². The highest BCUT2D eigenvalue weighted by Crippen LogP contribution is 2.37. The van der Waals surface area contributed by atoms with E-state index in [4.69, 9.17) is 13.9 Å². The molecule has 0 radical (unpaired) electrons. The van der Waals surface area contributed by atoms with Crippen LogP contribution in [0.1, 0.15) is 52.9 Å². The number of aliphatic hydroxyl groups is 1. The zero-order chi connectivity index (χ0) is 20.3. The smallest absolute Gasteiger partial charge is 0.254 e. The van der Waals surface area contributed by atoms with Gasteiger partial charge in [0.05, 0.1) is 11.8 Å². The van der Waals surface area contributed by atoms with Crippen molar-refractivity contribution in [3.8, 4) is 0 Å². The van der Waals surface area contributed by atoms with E-state index >= 15 is 0 Å². The molecule has 2 aliphatic rings. The van der Waals surface area contributed by atoms with E-state index in [0.717, 1.165) is 12.8 Å². The zero-order valence-corrected chi connectivity index (χ0v) is 16.9. The van der Waals surface area contributed by atoms with E-state index in [9.17, 15) is 9.90 Å². The SMILES string of the molecule is Cc1ccccc1C1(CNC(=O)c2ccoc2C2(O)CCOCC2)CCOCC1. The lowest BCUT2D eigenvalue weighted by molar-refractivity contribution is -0.0804. The number of aryl methyl sites for hydroxylation is 1. The summed E-state index contributed by atoms with van der Waals surface area (Å²) in [5, 5.41) is 14.1. The normalized spacial score (nSPS) is 20.9. The summed E-state index contributed by atoms with van der Waals surface area (Å²) in [6.07, 6.45) is 4.04. The molecule has 2 fully saturated rings. The van der Waals surface area contributed by atoms with Crippen molar-refractivity contribution in [1.82, 2.24) is 5.32 Å². The van der Waals surface area contributed by atoms with Crippen LogP contribution in [0.2, 0.25) is 0 Å². The summed E-state index contributed by atoms with van der Waals surface area (Å²) in [5.74, 6) is 0.128. The van der Waals surface area contributed by atoms with Gasteiger partial charge in [-0.15, -0.1) is 0 Å². The van der Waals surface area contributed by atoms with Gasteiger partial charge in [0.1, 0.15) is 11.4 Å². The molecular weight excluding hydrogens is 370 g/mol. The third-order valence-electron chi connectivity index (χ3n) is 6.41. The first-order valence-corrected chi connectivity index (χ1v) is 10.3. The predicted molar refractivity (Wildman–Crippen MR) is 108 cm³/mol. The molecule has 2 N–H and O–H groups in total. The number of amides is 1. The molecule has 4 rings (SSSR count). The minimum atomic E-state index is -1.15. The Balaban J connectivity index is 1.54. The Labute approximate surface area is 171 Å². The Bertz CT molecular complexity index is 846. The maximum Gasteiger partial charge on any atom is 0.254 e. The molecule has 29 heavy (non-hydrogen) atoms. The monoisotopic (exact) mass is 399 g/mol. The van der Waals surface area contributed by atoms with E-state index in [1.54, 1.807) is 6.07 Å². The van der Waals surface area contributed by atoms with Crippen molar-refractivity contribution in [1.29, 1.82) is 0 Å². The van der Waals surface area contributed by atoms with Crippen molar-refractivity contribution >= 4 is 5.91 Å². The molecule has 0 atom stereocenters. The molecule has 2 saturated heterocycles. The van der Waals surface area contributed by atoms with Crippen LogP contribution in [-0.4, -0.2) is 44.0 Å². The second-order valence-electron chi connectivity index (χ2n) is 8.20. The average molecular weight is 399 g/mol. The van der Waals surface area contributed by atoms with Gasteiger partial charge in [-0.3, -0.25) is 4.79 Å². The summed E-state index contributed by atoms with van der Waals surface area (Å²) < 4.78 is 16.5. The second kappa shape index (κ2) is 8.30. The number of benzene rings is 1. The molecule has 156 valence electrons. The van der Waals surface area contributed by atoms with Crippen LogP contribution >= 0.6 is 0 Å². The fourth-order valence-electron chi connectivity index (χ4n) is 4.60. The third-order valence-corrected chi connectivity index (χ3v) is 6.41. The van der Waals surface area contributed by atoms with Gasteiger partial charge >= 0.3 is 0 Å². The van der Waals surface area contributed by atoms with Crippen molar-refractivity contribution < 1.29 is 23.8 Å². The van der Waals surface area contributed by atoms with Crippen LogP contribution in [-0.2, 0) is 20.5 Å². The summed E-state index contributed by atoms with van der Waals surface area (Å²) in [5.41, 5.74) is 1.59. The molecule has 0 aliphatic carbocycles. The summed E-state index contributed by atoms with van der Waals surface area (Å²) in [6, 6.07) is 10.00. The van der Waals surface area contributed by atoms with Gasteiger partial charge in [0.2, 0.25) is 0 Å². The maximum atomic E-state index is 13.1. The van der Waals surface area contributed by atoms with Crippen molar-refractivity contribution in [2.45, 2.75) is 43.6 Å². The number of rotatable bonds is 5. The number of hydrogen-bond acceptors (Lipinski definition) is 5. The average Bonchev–Trinajstić information content (AvgIpc) is 3.25. The first-order chi connectivity index (χ1) is 14.0. The quantitative estimate of drug-likeness (QED) is 0.808. The minimum absolute atomic E-state index is 0.154. The van der Waals surface area contributed by atoms with Gasteiger partial charge in [-0.2, -0.15) is 0 Å². The first-order valence-electron chi connectivity index (χ1n) is 10.3. The molecule has 3 heterocycles. The lowest BCUT2D eigenvalue weighted by atomic mass is 9.72. The molecule has 1 amide bonds. The van der Waals surface area contributed by atoms with Gasteiger partial charge in [0.25, 0.3) is 5.91 Å². The van der Waals surface area contributed by atoms with Crippen LogP contribution in [0, 0.1) is 6.92 Å². The number of furan rings is 1. The highest BCUT2D eigenvalue weighted by Gasteiger charge is 2.40. The van der Waals surface area contributed by atoms with Crippen LogP contribution < -0.4 is 5.32 Å². The van der Waals surface area contributed by atoms with Crippen LogP contribution in [0.4, 0.5) is 0 Å². The van der Waals surface area contributed by atoms with Gasteiger partial charge < -0.3 is 24.3 Å². The number of nitrogens with one attached hydrogen (secondary N) is 1. The van der Waals surface area contributed by atoms with E-state index in [1.165, 1.54) is 17.4 Å². The fourth-order valence-corrected chi connectivity index (χ4v) is 4.60. The van der Waals surface area contributed by atoms with Crippen molar-refractivity contribution in [3.63, 3.8) is 0 Å². The second-order valence-corrected chi connectivity index (χ2v) is 8.20. The third kappa shape index (κ3) is 3.97. The topological polar surface area (TPSA) is 80.9 Å². The standard InChI is InChI=1S/C23H29NO5/c1-17-4-2-3-5-19(17)22(7-12-27-13-8-22)16-24-21(25)18-6-11-29-20(18)23(26)9-14-28-15-10-23/h2-6,11,26H,7-10,12-16H2,1H3,(H,24,25). The molecular formula is C23H29NO5. The van der Waals surface area contributed by atoms with E-state index in [0.29, 0.717) is 57.1 Å². The number of ether oxygens (including phenoxy) is 2. The fraction of sp³-hybridized carbons (Fsp3) is 0.522. The molecule has 1 aromatic heterocycles. The number of carbonyl (C=O) groups excluding carboxylic acids is 1. The van der Waals surface area contributed by atoms with Crippen LogP contribution in [0.5, 0.6) is 0 Å². The molecule has 1 aromatic carbocycles. The van der Waals surface area contributed by atoms with Crippen molar-refractivity contribution in [2.75, 3.05) is 33.0 Å². The zero-order valence-electron chi connectivity index (χ0n) is 16.9. The summed E-state index contributed by atoms with van der Waals surface area (Å²) in [4.78, 5) is 13.1. The molecule has 6 nitrogen and oxygen atoms in total. The number of hydrogen-bond donors (Lipinski definition) is 2. The molecule has 6 heteroatoms. The van der Waals surface area contributed by atoms with Gasteiger partial charge in [-0.1, -0.05) is 24.3 Å². The molecule has 0 bridgehead atoms. The Morgan fingerprint density at radius 1 is 1.03 bits per heavy atom. The molecule has 0 spiro atoms. The number of carbonyl (C=O) groups is 1. The molecule has 0 unspecified atom stereocenters. The predicted octanol–water partition coefficient (Wildman–Crippen LogP) is 3.06. The lowest BCUT2D eigenvalue weighted by Crippen LogP contribution is -2.45.